The Hall–Kier alpha value is -1.95. The average Bonchev–Trinajstić information content (AvgIpc) is 3.13. The minimum Gasteiger partial charge on any atom is -0.478 e. The van der Waals surface area contributed by atoms with Gasteiger partial charge in [0.15, 0.2) is 5.82 Å². The van der Waals surface area contributed by atoms with Crippen molar-refractivity contribution in [3.05, 3.63) is 58.2 Å². The number of hydrogen-bond acceptors (Lipinski definition) is 4. The summed E-state index contributed by atoms with van der Waals surface area (Å²) in [5.74, 6) is -0.130. The highest BCUT2D eigenvalue weighted by Crippen LogP contribution is 2.52. The van der Waals surface area contributed by atoms with E-state index in [1.165, 1.54) is 0 Å². The van der Waals surface area contributed by atoms with Crippen molar-refractivity contribution in [1.29, 1.82) is 0 Å². The van der Waals surface area contributed by atoms with E-state index in [4.69, 9.17) is 9.63 Å². The largest absolute Gasteiger partial charge is 0.478 e. The van der Waals surface area contributed by atoms with Crippen molar-refractivity contribution < 1.29 is 14.4 Å². The summed E-state index contributed by atoms with van der Waals surface area (Å²) in [7, 11) is 0. The van der Waals surface area contributed by atoms with Crippen LogP contribution in [0.25, 0.3) is 0 Å². The number of nitrogens with zero attached hydrogens (tertiary/aromatic N) is 2. The molecule has 1 saturated carbocycles. The fourth-order valence-electron chi connectivity index (χ4n) is 2.31. The van der Waals surface area contributed by atoms with Gasteiger partial charge >= 0.3 is 5.97 Å². The average molecular weight is 349 g/mol. The Bertz CT molecular complexity index is 702. The number of carboxylic acid groups (broad SMARTS) is 1. The van der Waals surface area contributed by atoms with Crippen molar-refractivity contribution >= 4 is 21.9 Å². The molecule has 0 bridgehead atoms. The fraction of sp³-hybridized carbons (Fsp3) is 0.267. The molecule has 3 rings (SSSR count). The van der Waals surface area contributed by atoms with Crippen LogP contribution in [0.2, 0.25) is 0 Å². The van der Waals surface area contributed by atoms with Crippen LogP contribution in [0.5, 0.6) is 0 Å². The van der Waals surface area contributed by atoms with Crippen LogP contribution >= 0.6 is 15.9 Å². The molecule has 0 atom stereocenters. The number of carboxylic acids is 1. The van der Waals surface area contributed by atoms with Crippen LogP contribution in [0.3, 0.4) is 0 Å². The van der Waals surface area contributed by atoms with E-state index in [2.05, 4.69) is 32.6 Å². The number of halogens is 1. The maximum atomic E-state index is 10.8. The molecule has 1 heterocycles. The minimum absolute atomic E-state index is 0.0517. The van der Waals surface area contributed by atoms with Crippen LogP contribution in [0, 0.1) is 0 Å². The topological polar surface area (TPSA) is 76.2 Å². The van der Waals surface area contributed by atoms with Crippen LogP contribution in [0.4, 0.5) is 0 Å². The Balaban J connectivity index is 1.84. The van der Waals surface area contributed by atoms with Gasteiger partial charge in [0.2, 0.25) is 5.89 Å². The molecule has 0 aliphatic heterocycles. The Morgan fingerprint density at radius 3 is 2.62 bits per heavy atom. The van der Waals surface area contributed by atoms with Crippen molar-refractivity contribution in [3.8, 4) is 0 Å². The molecule has 1 aromatic carbocycles. The van der Waals surface area contributed by atoms with Gasteiger partial charge in [-0.3, -0.25) is 0 Å². The molecule has 0 saturated heterocycles. The molecule has 1 aliphatic rings. The van der Waals surface area contributed by atoms with Gasteiger partial charge in [-0.1, -0.05) is 39.8 Å². The van der Waals surface area contributed by atoms with Gasteiger partial charge in [0.1, 0.15) is 0 Å². The van der Waals surface area contributed by atoms with E-state index >= 15 is 0 Å². The van der Waals surface area contributed by atoms with Gasteiger partial charge in [0.25, 0.3) is 0 Å². The molecular formula is C15H13BrN2O3. The lowest BCUT2D eigenvalue weighted by Crippen LogP contribution is -2.09. The molecule has 2 aromatic rings. The van der Waals surface area contributed by atoms with Crippen LogP contribution in [-0.4, -0.2) is 21.2 Å². The summed E-state index contributed by atoms with van der Waals surface area (Å²) in [5.41, 5.74) is 0.977. The molecule has 0 unspecified atom stereocenters. The first-order chi connectivity index (χ1) is 10.0. The third-order valence-electron chi connectivity index (χ3n) is 3.70. The van der Waals surface area contributed by atoms with Gasteiger partial charge in [0.05, 0.1) is 5.41 Å². The van der Waals surface area contributed by atoms with Crippen LogP contribution in [0.15, 0.2) is 45.4 Å². The summed E-state index contributed by atoms with van der Waals surface area (Å²) in [6.07, 6.45) is 2.00. The van der Waals surface area contributed by atoms with E-state index in [1.807, 2.05) is 24.3 Å². The van der Waals surface area contributed by atoms with Crippen LogP contribution in [0.1, 0.15) is 30.1 Å². The molecule has 0 spiro atoms. The number of carbonyl (C=O) groups is 1. The predicted molar refractivity (Wildman–Crippen MR) is 78.9 cm³/mol. The Morgan fingerprint density at radius 2 is 2.05 bits per heavy atom. The van der Waals surface area contributed by atoms with E-state index in [9.17, 15) is 4.79 Å². The quantitative estimate of drug-likeness (QED) is 0.840. The number of benzene rings is 1. The lowest BCUT2D eigenvalue weighted by Gasteiger charge is -2.10. The zero-order chi connectivity index (χ0) is 15.0. The number of aromatic nitrogens is 2. The highest BCUT2D eigenvalue weighted by atomic mass is 79.9. The summed E-state index contributed by atoms with van der Waals surface area (Å²) in [6.45, 7) is 3.48. The second-order valence-electron chi connectivity index (χ2n) is 5.19. The molecule has 1 aliphatic carbocycles. The highest BCUT2D eigenvalue weighted by molar-refractivity contribution is 9.10. The Labute approximate surface area is 129 Å². The predicted octanol–water partition coefficient (Wildman–Crippen LogP) is 3.10. The van der Waals surface area contributed by atoms with Crippen molar-refractivity contribution in [1.82, 2.24) is 10.1 Å². The van der Waals surface area contributed by atoms with Gasteiger partial charge in [-0.15, -0.1) is 0 Å². The third-order valence-corrected chi connectivity index (χ3v) is 4.23. The van der Waals surface area contributed by atoms with Gasteiger partial charge < -0.3 is 9.63 Å². The molecule has 21 heavy (non-hydrogen) atoms. The molecule has 6 heteroatoms. The van der Waals surface area contributed by atoms with E-state index in [-0.39, 0.29) is 17.4 Å². The van der Waals surface area contributed by atoms with Crippen molar-refractivity contribution in [2.75, 3.05) is 0 Å². The summed E-state index contributed by atoms with van der Waals surface area (Å²) in [6, 6.07) is 8.05. The Morgan fingerprint density at radius 1 is 1.38 bits per heavy atom. The lowest BCUT2D eigenvalue weighted by atomic mass is 9.96. The standard InChI is InChI=1S/C15H13BrN2O3/c1-9(13(19)20)8-12-17-14(21-18-12)15(6-7-15)10-2-4-11(16)5-3-10/h2-5H,1,6-8H2,(H,19,20). The Kier molecular flexibility index (Phi) is 3.41. The van der Waals surface area contributed by atoms with Crippen LogP contribution in [-0.2, 0) is 16.6 Å². The van der Waals surface area contributed by atoms with Crippen molar-refractivity contribution in [2.24, 2.45) is 0 Å². The molecule has 1 fully saturated rings. The summed E-state index contributed by atoms with van der Waals surface area (Å²) < 4.78 is 6.37. The maximum Gasteiger partial charge on any atom is 0.331 e. The van der Waals surface area contributed by atoms with Crippen LogP contribution < -0.4 is 0 Å². The first-order valence-corrected chi connectivity index (χ1v) is 7.31. The monoisotopic (exact) mass is 348 g/mol. The minimum atomic E-state index is -1.05. The fourth-order valence-corrected chi connectivity index (χ4v) is 2.57. The highest BCUT2D eigenvalue weighted by Gasteiger charge is 2.50. The summed E-state index contributed by atoms with van der Waals surface area (Å²) in [5, 5.41) is 12.7. The van der Waals surface area contributed by atoms with E-state index in [0.29, 0.717) is 11.7 Å². The number of aliphatic carboxylic acids is 1. The van der Waals surface area contributed by atoms with E-state index in [0.717, 1.165) is 22.9 Å². The zero-order valence-electron chi connectivity index (χ0n) is 11.2. The van der Waals surface area contributed by atoms with Crippen molar-refractivity contribution in [3.63, 3.8) is 0 Å². The first-order valence-electron chi connectivity index (χ1n) is 6.51. The molecule has 1 aromatic heterocycles. The van der Waals surface area contributed by atoms with Gasteiger partial charge in [-0.25, -0.2) is 4.79 Å². The van der Waals surface area contributed by atoms with E-state index in [1.54, 1.807) is 0 Å². The maximum absolute atomic E-state index is 10.8. The van der Waals surface area contributed by atoms with E-state index < -0.39 is 5.97 Å². The molecule has 5 nitrogen and oxygen atoms in total. The molecular weight excluding hydrogens is 336 g/mol. The lowest BCUT2D eigenvalue weighted by molar-refractivity contribution is -0.132. The second-order valence-corrected chi connectivity index (χ2v) is 6.11. The molecule has 1 N–H and O–H groups in total. The molecule has 108 valence electrons. The third kappa shape index (κ3) is 2.63. The smallest absolute Gasteiger partial charge is 0.331 e. The number of rotatable bonds is 5. The second kappa shape index (κ2) is 5.11. The van der Waals surface area contributed by atoms with Gasteiger partial charge in [0, 0.05) is 16.5 Å². The van der Waals surface area contributed by atoms with Gasteiger partial charge in [-0.2, -0.15) is 4.98 Å². The normalized spacial score (nSPS) is 15.7. The molecule has 0 radical (unpaired) electrons. The number of hydrogen-bond donors (Lipinski definition) is 1. The zero-order valence-corrected chi connectivity index (χ0v) is 12.8. The summed E-state index contributed by atoms with van der Waals surface area (Å²) in [4.78, 5) is 15.1. The molecule has 0 amide bonds. The van der Waals surface area contributed by atoms with Gasteiger partial charge in [-0.05, 0) is 30.5 Å². The first kappa shape index (κ1) is 14.0. The summed E-state index contributed by atoms with van der Waals surface area (Å²) >= 11 is 3.42. The SMILES string of the molecule is C=C(Cc1noc(C2(c3ccc(Br)cc3)CC2)n1)C(=O)O. The van der Waals surface area contributed by atoms with Crippen molar-refractivity contribution in [2.45, 2.75) is 24.7 Å².